The number of hydrogen-bond acceptors (Lipinski definition) is 4. The van der Waals surface area contributed by atoms with E-state index >= 15 is 0 Å². The summed E-state index contributed by atoms with van der Waals surface area (Å²) in [7, 11) is -4.71. The third-order valence-corrected chi connectivity index (χ3v) is 3.70. The summed E-state index contributed by atoms with van der Waals surface area (Å²) in [6, 6.07) is 0. The first-order chi connectivity index (χ1) is 9.42. The topological polar surface area (TPSA) is 69.8 Å². The Kier molecular flexibility index (Phi) is 3.27. The fourth-order valence-corrected chi connectivity index (χ4v) is 2.28. The van der Waals surface area contributed by atoms with Gasteiger partial charge in [0.1, 0.15) is 12.7 Å². The minimum atomic E-state index is -4.88. The van der Waals surface area contributed by atoms with Crippen molar-refractivity contribution in [3.05, 3.63) is 36.4 Å². The lowest BCUT2D eigenvalue weighted by molar-refractivity contribution is -0.141. The Hall–Kier alpha value is -2.05. The van der Waals surface area contributed by atoms with Crippen LogP contribution in [0, 0.1) is 0 Å². The summed E-state index contributed by atoms with van der Waals surface area (Å²) in [5, 5.41) is 0. The van der Waals surface area contributed by atoms with E-state index in [1.54, 1.807) is 0 Å². The number of halogens is 6. The summed E-state index contributed by atoms with van der Waals surface area (Å²) < 4.78 is 97.6. The smallest absolute Gasteiger partial charge is 0.231 e. The quantitative estimate of drug-likeness (QED) is 0.785. The highest BCUT2D eigenvalue weighted by atomic mass is 32.2. The lowest BCUT2D eigenvalue weighted by Gasteiger charge is -2.05. The van der Waals surface area contributed by atoms with Gasteiger partial charge in [-0.1, -0.05) is 0 Å². The summed E-state index contributed by atoms with van der Waals surface area (Å²) in [6.07, 6.45) is -8.83. The van der Waals surface area contributed by atoms with Crippen LogP contribution in [0.25, 0.3) is 0 Å². The summed E-state index contributed by atoms with van der Waals surface area (Å²) in [5.41, 5.74) is -3.00. The Labute approximate surface area is 112 Å². The number of alkyl halides is 6. The molecule has 6 nitrogen and oxygen atoms in total. The zero-order chi connectivity index (χ0) is 16.1. The van der Waals surface area contributed by atoms with E-state index in [4.69, 9.17) is 0 Å². The molecule has 0 aliphatic rings. The largest absolute Gasteiger partial charge is 0.434 e. The normalized spacial score (nSPS) is 13.6. The van der Waals surface area contributed by atoms with Crippen molar-refractivity contribution >= 4 is 10.2 Å². The predicted molar refractivity (Wildman–Crippen MR) is 54.2 cm³/mol. The van der Waals surface area contributed by atoms with E-state index in [1.807, 2.05) is 0 Å². The van der Waals surface area contributed by atoms with E-state index in [0.29, 0.717) is 12.7 Å². The van der Waals surface area contributed by atoms with E-state index in [9.17, 15) is 34.8 Å². The molecular weight excluding hydrogens is 330 g/mol. The number of aromatic nitrogens is 4. The van der Waals surface area contributed by atoms with Crippen LogP contribution in [0.4, 0.5) is 26.3 Å². The van der Waals surface area contributed by atoms with Gasteiger partial charge in [0, 0.05) is 0 Å². The predicted octanol–water partition coefficient (Wildman–Crippen LogP) is 1.76. The van der Waals surface area contributed by atoms with E-state index in [0.717, 1.165) is 0 Å². The number of rotatable bonds is 2. The SMILES string of the molecule is O=S(=O)(n1cnc(C(F)(F)F)c1)n1cnc(C(F)(F)F)c1. The summed E-state index contributed by atoms with van der Waals surface area (Å²) in [6.45, 7) is 0. The van der Waals surface area contributed by atoms with Crippen LogP contribution in [0.3, 0.4) is 0 Å². The molecule has 0 saturated heterocycles. The Morgan fingerprint density at radius 2 is 1.14 bits per heavy atom. The van der Waals surface area contributed by atoms with Crippen molar-refractivity contribution in [1.29, 1.82) is 0 Å². The molecule has 0 spiro atoms. The molecule has 0 unspecified atom stereocenters. The summed E-state index contributed by atoms with van der Waals surface area (Å²) in [5.74, 6) is 0. The molecular formula is C8H4F6N4O2S. The second kappa shape index (κ2) is 4.47. The van der Waals surface area contributed by atoms with Gasteiger partial charge in [0.2, 0.25) is 0 Å². The first-order valence-corrected chi connectivity index (χ1v) is 6.30. The van der Waals surface area contributed by atoms with Crippen LogP contribution in [0.15, 0.2) is 25.0 Å². The fraction of sp³-hybridized carbons (Fsp3) is 0.250. The summed E-state index contributed by atoms with van der Waals surface area (Å²) >= 11 is 0. The van der Waals surface area contributed by atoms with Crippen molar-refractivity contribution < 1.29 is 34.8 Å². The van der Waals surface area contributed by atoms with Gasteiger partial charge in [-0.2, -0.15) is 34.8 Å². The average Bonchev–Trinajstić information content (AvgIpc) is 2.97. The molecule has 116 valence electrons. The molecule has 0 atom stereocenters. The minimum Gasteiger partial charge on any atom is -0.231 e. The first kappa shape index (κ1) is 15.3. The van der Waals surface area contributed by atoms with Gasteiger partial charge in [0.25, 0.3) is 0 Å². The van der Waals surface area contributed by atoms with Crippen molar-refractivity contribution in [2.75, 3.05) is 0 Å². The van der Waals surface area contributed by atoms with Gasteiger partial charge in [-0.3, -0.25) is 0 Å². The van der Waals surface area contributed by atoms with Crippen LogP contribution in [0.5, 0.6) is 0 Å². The Morgan fingerprint density at radius 1 is 0.810 bits per heavy atom. The molecule has 2 rings (SSSR count). The molecule has 2 aromatic rings. The third-order valence-electron chi connectivity index (χ3n) is 2.23. The van der Waals surface area contributed by atoms with Gasteiger partial charge in [0.15, 0.2) is 11.4 Å². The molecule has 0 bridgehead atoms. The van der Waals surface area contributed by atoms with E-state index < -0.39 is 33.9 Å². The van der Waals surface area contributed by atoms with Crippen molar-refractivity contribution in [3.63, 3.8) is 0 Å². The van der Waals surface area contributed by atoms with Crippen LogP contribution in [-0.2, 0) is 22.6 Å². The second-order valence-electron chi connectivity index (χ2n) is 3.68. The van der Waals surface area contributed by atoms with Gasteiger partial charge in [-0.15, -0.1) is 0 Å². The van der Waals surface area contributed by atoms with Crippen LogP contribution in [-0.4, -0.2) is 26.3 Å². The Morgan fingerprint density at radius 3 is 1.38 bits per heavy atom. The van der Waals surface area contributed by atoms with E-state index in [2.05, 4.69) is 9.97 Å². The molecule has 0 saturated carbocycles. The highest BCUT2D eigenvalue weighted by Gasteiger charge is 2.36. The molecule has 2 heterocycles. The third kappa shape index (κ3) is 2.86. The zero-order valence-corrected chi connectivity index (χ0v) is 10.4. The molecule has 0 aromatic carbocycles. The van der Waals surface area contributed by atoms with Gasteiger partial charge in [-0.05, 0) is 0 Å². The molecule has 0 fully saturated rings. The molecule has 21 heavy (non-hydrogen) atoms. The second-order valence-corrected chi connectivity index (χ2v) is 5.42. The highest BCUT2D eigenvalue weighted by Crippen LogP contribution is 2.29. The van der Waals surface area contributed by atoms with Gasteiger partial charge < -0.3 is 0 Å². The maximum atomic E-state index is 12.3. The average molecular weight is 334 g/mol. The van der Waals surface area contributed by atoms with Crippen molar-refractivity contribution in [3.8, 4) is 0 Å². The van der Waals surface area contributed by atoms with Crippen LogP contribution < -0.4 is 0 Å². The molecule has 2 aromatic heterocycles. The van der Waals surface area contributed by atoms with Crippen molar-refractivity contribution in [1.82, 2.24) is 17.9 Å². The van der Waals surface area contributed by atoms with Crippen molar-refractivity contribution in [2.24, 2.45) is 0 Å². The summed E-state index contributed by atoms with van der Waals surface area (Å²) in [4.78, 5) is 5.68. The van der Waals surface area contributed by atoms with Gasteiger partial charge in [-0.25, -0.2) is 17.9 Å². The molecule has 0 radical (unpaired) electrons. The molecule has 0 amide bonds. The lowest BCUT2D eigenvalue weighted by Crippen LogP contribution is -2.19. The molecule has 0 N–H and O–H groups in total. The molecule has 0 aliphatic carbocycles. The van der Waals surface area contributed by atoms with Crippen LogP contribution >= 0.6 is 0 Å². The van der Waals surface area contributed by atoms with E-state index in [-0.39, 0.29) is 20.3 Å². The Balaban J connectivity index is 2.43. The first-order valence-electron chi connectivity index (χ1n) is 4.91. The van der Waals surface area contributed by atoms with Gasteiger partial charge in [0.05, 0.1) is 12.4 Å². The number of imidazole rings is 2. The standard InChI is InChI=1S/C8H4F6N4O2S/c9-7(10,11)5-1-17(3-15-5)21(19,20)18-2-6(16-4-18)8(12,13)14/h1-4H. The number of hydrogen-bond donors (Lipinski definition) is 0. The fourth-order valence-electron chi connectivity index (χ4n) is 1.27. The monoisotopic (exact) mass is 334 g/mol. The van der Waals surface area contributed by atoms with E-state index in [1.165, 1.54) is 0 Å². The molecule has 0 aliphatic heterocycles. The zero-order valence-electron chi connectivity index (χ0n) is 9.59. The maximum Gasteiger partial charge on any atom is 0.434 e. The minimum absolute atomic E-state index is 0.0393. The number of nitrogens with zero attached hydrogens (tertiary/aromatic N) is 4. The van der Waals surface area contributed by atoms with Crippen molar-refractivity contribution in [2.45, 2.75) is 12.4 Å². The Bertz CT molecular complexity index is 698. The van der Waals surface area contributed by atoms with Gasteiger partial charge >= 0.3 is 22.6 Å². The molecule has 13 heteroatoms. The maximum absolute atomic E-state index is 12.3. The highest BCUT2D eigenvalue weighted by molar-refractivity contribution is 7.88. The lowest BCUT2D eigenvalue weighted by atomic mass is 10.5. The van der Waals surface area contributed by atoms with Crippen LogP contribution in [0.1, 0.15) is 11.4 Å². The van der Waals surface area contributed by atoms with Crippen LogP contribution in [0.2, 0.25) is 0 Å².